The van der Waals surface area contributed by atoms with E-state index in [0.29, 0.717) is 11.6 Å². The Bertz CT molecular complexity index is 457. The fourth-order valence-electron chi connectivity index (χ4n) is 3.78. The zero-order valence-electron chi connectivity index (χ0n) is 13.7. The van der Waals surface area contributed by atoms with Crippen molar-refractivity contribution in [2.75, 3.05) is 13.1 Å². The summed E-state index contributed by atoms with van der Waals surface area (Å²) < 4.78 is 0. The van der Waals surface area contributed by atoms with Crippen LogP contribution in [0.5, 0.6) is 0 Å². The lowest BCUT2D eigenvalue weighted by Gasteiger charge is -2.48. The standard InChI is InChI=1S/C18H29N3/c1-4-14(2)17-11-20-18(3,16-5-6-16)13-21(17)12-15-7-9-19-10-8-15/h7-10,14,16-17,20H,4-6,11-13H2,1-3H3. The number of piperazine rings is 1. The third kappa shape index (κ3) is 3.29. The molecule has 0 spiro atoms. The average Bonchev–Trinajstić information content (AvgIpc) is 3.33. The van der Waals surface area contributed by atoms with Gasteiger partial charge in [0.15, 0.2) is 0 Å². The minimum Gasteiger partial charge on any atom is -0.308 e. The van der Waals surface area contributed by atoms with Crippen molar-refractivity contribution in [1.82, 2.24) is 15.2 Å². The zero-order valence-corrected chi connectivity index (χ0v) is 13.7. The molecule has 0 aromatic carbocycles. The van der Waals surface area contributed by atoms with Crippen molar-refractivity contribution in [1.29, 1.82) is 0 Å². The molecule has 3 nitrogen and oxygen atoms in total. The fourth-order valence-corrected chi connectivity index (χ4v) is 3.78. The number of rotatable bonds is 5. The van der Waals surface area contributed by atoms with E-state index >= 15 is 0 Å². The van der Waals surface area contributed by atoms with E-state index in [1.807, 2.05) is 12.4 Å². The number of hydrogen-bond donors (Lipinski definition) is 1. The van der Waals surface area contributed by atoms with Gasteiger partial charge in [-0.2, -0.15) is 0 Å². The van der Waals surface area contributed by atoms with Crippen molar-refractivity contribution in [3.63, 3.8) is 0 Å². The van der Waals surface area contributed by atoms with Gasteiger partial charge in [-0.25, -0.2) is 0 Å². The number of aromatic nitrogens is 1. The third-order valence-electron chi connectivity index (χ3n) is 5.63. The van der Waals surface area contributed by atoms with E-state index in [2.05, 4.69) is 48.1 Å². The molecule has 1 aliphatic heterocycles. The Kier molecular flexibility index (Phi) is 4.32. The smallest absolute Gasteiger partial charge is 0.0309 e. The van der Waals surface area contributed by atoms with Gasteiger partial charge in [0.1, 0.15) is 0 Å². The van der Waals surface area contributed by atoms with E-state index in [1.54, 1.807) is 0 Å². The lowest BCUT2D eigenvalue weighted by molar-refractivity contribution is 0.0413. The Balaban J connectivity index is 1.75. The summed E-state index contributed by atoms with van der Waals surface area (Å²) in [4.78, 5) is 6.87. The van der Waals surface area contributed by atoms with E-state index in [4.69, 9.17) is 0 Å². The molecule has 0 bridgehead atoms. The molecule has 3 atom stereocenters. The van der Waals surface area contributed by atoms with Gasteiger partial charge < -0.3 is 5.32 Å². The normalized spacial score (nSPS) is 32.0. The van der Waals surface area contributed by atoms with Gasteiger partial charge in [0.05, 0.1) is 0 Å². The molecular weight excluding hydrogens is 258 g/mol. The molecule has 3 heteroatoms. The molecule has 1 saturated heterocycles. The van der Waals surface area contributed by atoms with Crippen LogP contribution in [0.25, 0.3) is 0 Å². The van der Waals surface area contributed by atoms with Crippen molar-refractivity contribution >= 4 is 0 Å². The van der Waals surface area contributed by atoms with E-state index in [0.717, 1.165) is 24.9 Å². The highest BCUT2D eigenvalue weighted by atomic mass is 15.3. The maximum Gasteiger partial charge on any atom is 0.0309 e. The SMILES string of the molecule is CCC(C)C1CNC(C)(C2CC2)CN1Cc1ccncc1. The molecule has 2 heterocycles. The highest BCUT2D eigenvalue weighted by Gasteiger charge is 2.46. The molecule has 2 aliphatic rings. The first-order valence-electron chi connectivity index (χ1n) is 8.50. The second-order valence-corrected chi connectivity index (χ2v) is 7.29. The van der Waals surface area contributed by atoms with Gasteiger partial charge in [-0.3, -0.25) is 9.88 Å². The molecule has 1 aromatic rings. The van der Waals surface area contributed by atoms with E-state index in [-0.39, 0.29) is 0 Å². The monoisotopic (exact) mass is 287 g/mol. The third-order valence-corrected chi connectivity index (χ3v) is 5.63. The van der Waals surface area contributed by atoms with Crippen molar-refractivity contribution in [2.24, 2.45) is 11.8 Å². The lowest BCUT2D eigenvalue weighted by atomic mass is 9.86. The van der Waals surface area contributed by atoms with Crippen LogP contribution >= 0.6 is 0 Å². The molecule has 3 rings (SSSR count). The first kappa shape index (κ1) is 15.0. The Hall–Kier alpha value is -0.930. The van der Waals surface area contributed by atoms with E-state index in [1.165, 1.54) is 31.4 Å². The predicted octanol–water partition coefficient (Wildman–Crippen LogP) is 3.07. The maximum absolute atomic E-state index is 4.14. The summed E-state index contributed by atoms with van der Waals surface area (Å²) in [7, 11) is 0. The van der Waals surface area contributed by atoms with Crippen LogP contribution in [-0.2, 0) is 6.54 Å². The fraction of sp³-hybridized carbons (Fsp3) is 0.722. The Morgan fingerprint density at radius 2 is 2.10 bits per heavy atom. The van der Waals surface area contributed by atoms with Crippen molar-refractivity contribution in [3.8, 4) is 0 Å². The van der Waals surface area contributed by atoms with Crippen LogP contribution in [0.15, 0.2) is 24.5 Å². The molecule has 0 radical (unpaired) electrons. The van der Waals surface area contributed by atoms with Gasteiger partial charge in [-0.05, 0) is 49.3 Å². The van der Waals surface area contributed by atoms with Crippen LogP contribution in [0.3, 0.4) is 0 Å². The molecule has 1 saturated carbocycles. The van der Waals surface area contributed by atoms with E-state index < -0.39 is 0 Å². The van der Waals surface area contributed by atoms with Crippen LogP contribution in [0.2, 0.25) is 0 Å². The minimum atomic E-state index is 0.316. The summed E-state index contributed by atoms with van der Waals surface area (Å²) in [5.41, 5.74) is 1.70. The minimum absolute atomic E-state index is 0.316. The second kappa shape index (κ2) is 6.05. The van der Waals surface area contributed by atoms with Crippen LogP contribution in [-0.4, -0.2) is 34.6 Å². The number of nitrogens with one attached hydrogen (secondary N) is 1. The van der Waals surface area contributed by atoms with Gasteiger partial charge in [0.25, 0.3) is 0 Å². The molecule has 116 valence electrons. The molecule has 1 aromatic heterocycles. The summed E-state index contributed by atoms with van der Waals surface area (Å²) in [6, 6.07) is 4.96. The van der Waals surface area contributed by atoms with Crippen LogP contribution in [0.4, 0.5) is 0 Å². The lowest BCUT2D eigenvalue weighted by Crippen LogP contribution is -2.64. The summed E-state index contributed by atoms with van der Waals surface area (Å²) in [6.07, 6.45) is 7.88. The summed E-state index contributed by atoms with van der Waals surface area (Å²) in [6.45, 7) is 10.5. The first-order valence-corrected chi connectivity index (χ1v) is 8.50. The summed E-state index contributed by atoms with van der Waals surface area (Å²) in [5, 5.41) is 3.88. The number of nitrogens with zero attached hydrogens (tertiary/aromatic N) is 2. The molecule has 1 N–H and O–H groups in total. The second-order valence-electron chi connectivity index (χ2n) is 7.29. The average molecular weight is 287 g/mol. The molecule has 2 fully saturated rings. The first-order chi connectivity index (χ1) is 10.1. The maximum atomic E-state index is 4.14. The quantitative estimate of drug-likeness (QED) is 0.902. The molecule has 0 amide bonds. The Morgan fingerprint density at radius 1 is 1.38 bits per heavy atom. The van der Waals surface area contributed by atoms with Gasteiger partial charge in [0, 0.05) is 43.6 Å². The van der Waals surface area contributed by atoms with Crippen LogP contribution in [0.1, 0.15) is 45.6 Å². The molecule has 3 unspecified atom stereocenters. The number of hydrogen-bond acceptors (Lipinski definition) is 3. The zero-order chi connectivity index (χ0) is 14.9. The van der Waals surface area contributed by atoms with Gasteiger partial charge in [-0.1, -0.05) is 20.3 Å². The predicted molar refractivity (Wildman–Crippen MR) is 87.0 cm³/mol. The topological polar surface area (TPSA) is 28.2 Å². The Morgan fingerprint density at radius 3 is 2.71 bits per heavy atom. The summed E-state index contributed by atoms with van der Waals surface area (Å²) >= 11 is 0. The van der Waals surface area contributed by atoms with Crippen molar-refractivity contribution < 1.29 is 0 Å². The van der Waals surface area contributed by atoms with E-state index in [9.17, 15) is 0 Å². The van der Waals surface area contributed by atoms with Crippen LogP contribution in [0, 0.1) is 11.8 Å². The van der Waals surface area contributed by atoms with Gasteiger partial charge >= 0.3 is 0 Å². The van der Waals surface area contributed by atoms with Crippen molar-refractivity contribution in [3.05, 3.63) is 30.1 Å². The Labute approximate surface area is 129 Å². The van der Waals surface area contributed by atoms with Gasteiger partial charge in [0.2, 0.25) is 0 Å². The molecule has 21 heavy (non-hydrogen) atoms. The highest BCUT2D eigenvalue weighted by Crippen LogP contribution is 2.42. The van der Waals surface area contributed by atoms with Gasteiger partial charge in [-0.15, -0.1) is 0 Å². The number of pyridine rings is 1. The highest BCUT2D eigenvalue weighted by molar-refractivity contribution is 5.12. The van der Waals surface area contributed by atoms with Crippen LogP contribution < -0.4 is 5.32 Å². The molecule has 1 aliphatic carbocycles. The van der Waals surface area contributed by atoms with Crippen molar-refractivity contribution in [2.45, 2.75) is 58.2 Å². The summed E-state index contributed by atoms with van der Waals surface area (Å²) in [5.74, 6) is 1.62. The largest absolute Gasteiger partial charge is 0.308 e. The molecular formula is C18H29N3.